The maximum atomic E-state index is 5.56. The fourth-order valence-electron chi connectivity index (χ4n) is 0.847. The minimum atomic E-state index is 0.0243. The Morgan fingerprint density at radius 2 is 2.44 bits per heavy atom. The van der Waals surface area contributed by atoms with Crippen LogP contribution in [0.3, 0.4) is 0 Å². The first-order valence-corrected chi connectivity index (χ1v) is 3.27. The zero-order valence-electron chi connectivity index (χ0n) is 5.59. The fraction of sp³-hybridized carbons (Fsp3) is 0.667. The summed E-state index contributed by atoms with van der Waals surface area (Å²) in [5.41, 5.74) is 5.56. The Labute approximate surface area is 55.3 Å². The Morgan fingerprint density at radius 1 is 1.67 bits per heavy atom. The third kappa shape index (κ3) is 1.69. The maximum absolute atomic E-state index is 5.56. The molecule has 0 fully saturated rings. The van der Waals surface area contributed by atoms with Gasteiger partial charge in [0.15, 0.2) is 0 Å². The van der Waals surface area contributed by atoms with Gasteiger partial charge < -0.3 is 11.1 Å². The third-order valence-electron chi connectivity index (χ3n) is 1.40. The lowest BCUT2D eigenvalue weighted by Crippen LogP contribution is -2.51. The zero-order valence-corrected chi connectivity index (χ0v) is 5.59. The summed E-state index contributed by atoms with van der Waals surface area (Å²) in [6, 6.07) is 0. The van der Waals surface area contributed by atoms with Crippen molar-refractivity contribution >= 4 is 0 Å². The molecule has 3 heteroatoms. The van der Waals surface area contributed by atoms with E-state index in [9.17, 15) is 0 Å². The summed E-state index contributed by atoms with van der Waals surface area (Å²) in [7, 11) is 0. The van der Waals surface area contributed by atoms with Gasteiger partial charge in [-0.15, -0.1) is 0 Å². The summed E-state index contributed by atoms with van der Waals surface area (Å²) in [5, 5.41) is 6.27. The van der Waals surface area contributed by atoms with E-state index >= 15 is 0 Å². The molecule has 1 rings (SSSR count). The summed E-state index contributed by atoms with van der Waals surface area (Å²) in [6.45, 7) is 2.11. The molecule has 1 aliphatic heterocycles. The van der Waals surface area contributed by atoms with Gasteiger partial charge in [0.25, 0.3) is 0 Å². The highest BCUT2D eigenvalue weighted by atomic mass is 15.2. The quantitative estimate of drug-likeness (QED) is 0.454. The van der Waals surface area contributed by atoms with Crippen molar-refractivity contribution < 1.29 is 0 Å². The minimum Gasteiger partial charge on any atom is -0.376 e. The largest absolute Gasteiger partial charge is 0.376 e. The highest BCUT2D eigenvalue weighted by Crippen LogP contribution is 1.92. The van der Waals surface area contributed by atoms with Gasteiger partial charge >= 0.3 is 0 Å². The molecule has 0 aromatic heterocycles. The molecule has 0 radical (unpaired) electrons. The first kappa shape index (κ1) is 6.58. The topological polar surface area (TPSA) is 50.1 Å². The van der Waals surface area contributed by atoms with Crippen LogP contribution in [0.1, 0.15) is 13.3 Å². The predicted molar refractivity (Wildman–Crippen MR) is 37.5 cm³/mol. The van der Waals surface area contributed by atoms with Crippen molar-refractivity contribution in [3.05, 3.63) is 12.3 Å². The first-order valence-electron chi connectivity index (χ1n) is 3.27. The molecule has 2 atom stereocenters. The smallest absolute Gasteiger partial charge is 0.0774 e. The molecule has 0 aliphatic carbocycles. The molecule has 0 bridgehead atoms. The molecule has 0 amide bonds. The third-order valence-corrected chi connectivity index (χ3v) is 1.40. The van der Waals surface area contributed by atoms with Crippen LogP contribution in [0.25, 0.3) is 0 Å². The van der Waals surface area contributed by atoms with E-state index in [4.69, 9.17) is 5.73 Å². The summed E-state index contributed by atoms with van der Waals surface area (Å²) in [5.74, 6) is 0. The number of rotatable bonds is 1. The van der Waals surface area contributed by atoms with Crippen LogP contribution in [-0.2, 0) is 0 Å². The van der Waals surface area contributed by atoms with Crippen LogP contribution in [-0.4, -0.2) is 12.3 Å². The average molecular weight is 127 g/mol. The summed E-state index contributed by atoms with van der Waals surface area (Å²) < 4.78 is 0. The average Bonchev–Trinajstić information content (AvgIpc) is 1.88. The van der Waals surface area contributed by atoms with Crippen LogP contribution in [0.4, 0.5) is 0 Å². The van der Waals surface area contributed by atoms with Crippen molar-refractivity contribution in [2.75, 3.05) is 0 Å². The molecule has 0 saturated carbocycles. The van der Waals surface area contributed by atoms with Gasteiger partial charge in [0.2, 0.25) is 0 Å². The zero-order chi connectivity index (χ0) is 6.69. The Bertz CT molecular complexity index is 111. The van der Waals surface area contributed by atoms with E-state index in [1.807, 2.05) is 12.3 Å². The molecule has 1 aliphatic rings. The standard InChI is InChI=1S/C6H13N3/c1-2-6-8-4-3-5(7)9-6/h3-6,8-9H,2,7H2,1H3. The van der Waals surface area contributed by atoms with Crippen molar-refractivity contribution in [2.24, 2.45) is 5.73 Å². The Balaban J connectivity index is 2.38. The van der Waals surface area contributed by atoms with E-state index in [1.165, 1.54) is 0 Å². The lowest BCUT2D eigenvalue weighted by atomic mass is 10.3. The van der Waals surface area contributed by atoms with E-state index in [2.05, 4.69) is 17.6 Å². The molecule has 0 spiro atoms. The SMILES string of the molecule is CCC1NC=CC(N)N1. The summed E-state index contributed by atoms with van der Waals surface area (Å²) in [4.78, 5) is 0. The van der Waals surface area contributed by atoms with Crippen LogP contribution in [0.15, 0.2) is 12.3 Å². The second-order valence-electron chi connectivity index (χ2n) is 2.18. The number of hydrogen-bond donors (Lipinski definition) is 3. The van der Waals surface area contributed by atoms with E-state index in [-0.39, 0.29) is 6.17 Å². The molecule has 0 aromatic carbocycles. The molecule has 0 saturated heterocycles. The lowest BCUT2D eigenvalue weighted by Gasteiger charge is -2.24. The molecule has 9 heavy (non-hydrogen) atoms. The van der Waals surface area contributed by atoms with E-state index in [0.717, 1.165) is 6.42 Å². The van der Waals surface area contributed by atoms with Crippen molar-refractivity contribution in [3.63, 3.8) is 0 Å². The monoisotopic (exact) mass is 127 g/mol. The van der Waals surface area contributed by atoms with Gasteiger partial charge in [0.05, 0.1) is 12.3 Å². The van der Waals surface area contributed by atoms with Gasteiger partial charge in [-0.1, -0.05) is 6.92 Å². The first-order chi connectivity index (χ1) is 4.33. The van der Waals surface area contributed by atoms with Gasteiger partial charge in [-0.25, -0.2) is 0 Å². The lowest BCUT2D eigenvalue weighted by molar-refractivity contribution is 0.408. The van der Waals surface area contributed by atoms with Crippen LogP contribution in [0.5, 0.6) is 0 Å². The molecular formula is C6H13N3. The Hall–Kier alpha value is -0.540. The Kier molecular flexibility index (Phi) is 2.08. The molecule has 1 heterocycles. The number of nitrogens with one attached hydrogen (secondary N) is 2. The Morgan fingerprint density at radius 3 is 2.89 bits per heavy atom. The highest BCUT2D eigenvalue weighted by Gasteiger charge is 2.08. The van der Waals surface area contributed by atoms with Crippen molar-refractivity contribution in [1.82, 2.24) is 10.6 Å². The second-order valence-corrected chi connectivity index (χ2v) is 2.18. The number of nitrogens with two attached hydrogens (primary N) is 1. The fourth-order valence-corrected chi connectivity index (χ4v) is 0.847. The highest BCUT2D eigenvalue weighted by molar-refractivity contribution is 4.95. The van der Waals surface area contributed by atoms with E-state index < -0.39 is 0 Å². The number of hydrogen-bond acceptors (Lipinski definition) is 3. The second kappa shape index (κ2) is 2.85. The summed E-state index contributed by atoms with van der Waals surface area (Å²) >= 11 is 0. The molecule has 2 unspecified atom stereocenters. The molecule has 0 aromatic rings. The van der Waals surface area contributed by atoms with Crippen LogP contribution in [0.2, 0.25) is 0 Å². The molecule has 4 N–H and O–H groups in total. The van der Waals surface area contributed by atoms with Crippen LogP contribution < -0.4 is 16.4 Å². The predicted octanol–water partition coefficient (Wildman–Crippen LogP) is -0.286. The van der Waals surface area contributed by atoms with Gasteiger partial charge in [-0.3, -0.25) is 5.32 Å². The van der Waals surface area contributed by atoms with Crippen molar-refractivity contribution in [3.8, 4) is 0 Å². The molecule has 3 nitrogen and oxygen atoms in total. The van der Waals surface area contributed by atoms with Crippen molar-refractivity contribution in [1.29, 1.82) is 0 Å². The van der Waals surface area contributed by atoms with Crippen molar-refractivity contribution in [2.45, 2.75) is 25.7 Å². The van der Waals surface area contributed by atoms with Gasteiger partial charge in [-0.2, -0.15) is 0 Å². The van der Waals surface area contributed by atoms with Gasteiger partial charge in [-0.05, 0) is 18.7 Å². The van der Waals surface area contributed by atoms with E-state index in [1.54, 1.807) is 0 Å². The van der Waals surface area contributed by atoms with Crippen LogP contribution >= 0.6 is 0 Å². The summed E-state index contributed by atoms with van der Waals surface area (Å²) in [6.07, 6.45) is 5.22. The van der Waals surface area contributed by atoms with E-state index in [0.29, 0.717) is 6.17 Å². The van der Waals surface area contributed by atoms with Crippen LogP contribution in [0, 0.1) is 0 Å². The minimum absolute atomic E-state index is 0.0243. The van der Waals surface area contributed by atoms with Gasteiger partial charge in [0, 0.05) is 0 Å². The van der Waals surface area contributed by atoms with Gasteiger partial charge in [0.1, 0.15) is 0 Å². The normalized spacial score (nSPS) is 34.0. The maximum Gasteiger partial charge on any atom is 0.0774 e. The molecule has 52 valence electrons. The molecular weight excluding hydrogens is 114 g/mol.